The summed E-state index contributed by atoms with van der Waals surface area (Å²) in [5.41, 5.74) is 2.37. The minimum atomic E-state index is -0.111. The topological polar surface area (TPSA) is 55.5 Å². The molecular weight excluding hydrogens is 216 g/mol. The van der Waals surface area contributed by atoms with Crippen molar-refractivity contribution in [1.29, 1.82) is 0 Å². The number of hydrogen-bond donors (Lipinski definition) is 0. The first kappa shape index (κ1) is 11.6. The first-order valence-corrected chi connectivity index (χ1v) is 5.44. The van der Waals surface area contributed by atoms with Gasteiger partial charge in [0.15, 0.2) is 5.58 Å². The summed E-state index contributed by atoms with van der Waals surface area (Å²) in [5.74, 6) is 0.712. The molecule has 0 saturated heterocycles. The van der Waals surface area contributed by atoms with Crippen molar-refractivity contribution in [2.75, 3.05) is 0 Å². The molecule has 1 heterocycles. The Balaban J connectivity index is 2.44. The maximum absolute atomic E-state index is 10.1. The number of aliphatic imine (C=N–C) groups is 1. The van der Waals surface area contributed by atoms with E-state index in [4.69, 9.17) is 4.42 Å². The van der Waals surface area contributed by atoms with Crippen molar-refractivity contribution in [1.82, 2.24) is 4.98 Å². The first-order chi connectivity index (χ1) is 8.00. The number of nitrogens with zero attached hydrogens (tertiary/aromatic N) is 2. The van der Waals surface area contributed by atoms with E-state index in [-0.39, 0.29) is 5.41 Å². The molecule has 0 atom stereocenters. The summed E-state index contributed by atoms with van der Waals surface area (Å²) in [6, 6.07) is 5.61. The van der Waals surface area contributed by atoms with Gasteiger partial charge in [-0.1, -0.05) is 26.8 Å². The van der Waals surface area contributed by atoms with Crippen molar-refractivity contribution in [3.8, 4) is 0 Å². The molecule has 4 heteroatoms. The molecule has 0 radical (unpaired) electrons. The molecule has 88 valence electrons. The Labute approximate surface area is 99.4 Å². The van der Waals surface area contributed by atoms with E-state index in [1.807, 2.05) is 18.2 Å². The number of carbonyl (C=O) groups excluding carboxylic acids is 1. The number of fused-ring (bicyclic) bond motifs is 1. The van der Waals surface area contributed by atoms with Crippen molar-refractivity contribution >= 4 is 17.2 Å². The van der Waals surface area contributed by atoms with Crippen LogP contribution in [0.15, 0.2) is 27.6 Å². The summed E-state index contributed by atoms with van der Waals surface area (Å²) in [7, 11) is 0. The Morgan fingerprint density at radius 3 is 2.82 bits per heavy atom. The van der Waals surface area contributed by atoms with Crippen LogP contribution < -0.4 is 0 Å². The number of oxazole rings is 1. The van der Waals surface area contributed by atoms with Gasteiger partial charge in [0.2, 0.25) is 12.0 Å². The molecule has 0 aliphatic rings. The van der Waals surface area contributed by atoms with Crippen LogP contribution in [-0.4, -0.2) is 11.1 Å². The molecule has 0 spiro atoms. The molecule has 0 N–H and O–H groups in total. The molecule has 17 heavy (non-hydrogen) atoms. The largest absolute Gasteiger partial charge is 0.440 e. The van der Waals surface area contributed by atoms with Gasteiger partial charge in [0, 0.05) is 5.41 Å². The number of benzene rings is 1. The maximum atomic E-state index is 10.1. The fraction of sp³-hybridized carbons (Fsp3) is 0.385. The van der Waals surface area contributed by atoms with Gasteiger partial charge in [-0.3, -0.25) is 0 Å². The fourth-order valence-corrected chi connectivity index (χ4v) is 1.52. The van der Waals surface area contributed by atoms with E-state index in [9.17, 15) is 4.79 Å². The normalized spacial score (nSPS) is 11.5. The van der Waals surface area contributed by atoms with Crippen molar-refractivity contribution in [3.63, 3.8) is 0 Å². The van der Waals surface area contributed by atoms with Crippen LogP contribution in [0.4, 0.5) is 0 Å². The highest BCUT2D eigenvalue weighted by Gasteiger charge is 2.20. The van der Waals surface area contributed by atoms with Crippen LogP contribution in [0.5, 0.6) is 0 Å². The van der Waals surface area contributed by atoms with Gasteiger partial charge < -0.3 is 4.42 Å². The van der Waals surface area contributed by atoms with E-state index in [0.29, 0.717) is 12.4 Å². The van der Waals surface area contributed by atoms with Gasteiger partial charge in [0.25, 0.3) is 0 Å². The van der Waals surface area contributed by atoms with E-state index in [2.05, 4.69) is 30.7 Å². The minimum absolute atomic E-state index is 0.111. The summed E-state index contributed by atoms with van der Waals surface area (Å²) >= 11 is 0. The Kier molecular flexibility index (Phi) is 2.82. The van der Waals surface area contributed by atoms with E-state index in [1.165, 1.54) is 6.08 Å². The summed E-state index contributed by atoms with van der Waals surface area (Å²) in [6.07, 6.45) is 1.52. The SMILES string of the molecule is CC(C)(C)c1nc2cc(CN=C=O)ccc2o1. The zero-order valence-corrected chi connectivity index (χ0v) is 10.2. The molecule has 0 aliphatic carbocycles. The van der Waals surface area contributed by atoms with Gasteiger partial charge in [-0.2, -0.15) is 0 Å². The molecule has 0 aliphatic heterocycles. The maximum Gasteiger partial charge on any atom is 0.235 e. The van der Waals surface area contributed by atoms with E-state index < -0.39 is 0 Å². The summed E-state index contributed by atoms with van der Waals surface area (Å²) in [4.78, 5) is 18.0. The number of isocyanates is 1. The van der Waals surface area contributed by atoms with Crippen molar-refractivity contribution in [2.24, 2.45) is 4.99 Å². The zero-order valence-electron chi connectivity index (χ0n) is 10.2. The van der Waals surface area contributed by atoms with Gasteiger partial charge >= 0.3 is 0 Å². The molecule has 0 fully saturated rings. The Morgan fingerprint density at radius 2 is 2.18 bits per heavy atom. The molecule has 0 bridgehead atoms. The fourth-order valence-electron chi connectivity index (χ4n) is 1.52. The average Bonchev–Trinajstić information content (AvgIpc) is 2.68. The standard InChI is InChI=1S/C13H14N2O2/c1-13(2,3)12-15-10-6-9(7-14-8-16)4-5-11(10)17-12/h4-6H,7H2,1-3H3. The molecule has 4 nitrogen and oxygen atoms in total. The van der Waals surface area contributed by atoms with Crippen LogP contribution in [0.1, 0.15) is 32.2 Å². The van der Waals surface area contributed by atoms with Gasteiger partial charge in [0.1, 0.15) is 5.52 Å². The van der Waals surface area contributed by atoms with Gasteiger partial charge in [-0.05, 0) is 17.7 Å². The first-order valence-electron chi connectivity index (χ1n) is 5.44. The highest BCUT2D eigenvalue weighted by Crippen LogP contribution is 2.26. The average molecular weight is 230 g/mol. The number of rotatable bonds is 2. The second-order valence-corrected chi connectivity index (χ2v) is 4.98. The molecular formula is C13H14N2O2. The van der Waals surface area contributed by atoms with Crippen molar-refractivity contribution in [3.05, 3.63) is 29.7 Å². The predicted octanol–water partition coefficient (Wildman–Crippen LogP) is 2.96. The third kappa shape index (κ3) is 2.43. The lowest BCUT2D eigenvalue weighted by Gasteiger charge is -2.11. The minimum Gasteiger partial charge on any atom is -0.440 e. The zero-order chi connectivity index (χ0) is 12.5. The van der Waals surface area contributed by atoms with Crippen LogP contribution >= 0.6 is 0 Å². The highest BCUT2D eigenvalue weighted by atomic mass is 16.3. The molecule has 0 unspecified atom stereocenters. The summed E-state index contributed by atoms with van der Waals surface area (Å²) < 4.78 is 5.67. The quantitative estimate of drug-likeness (QED) is 0.588. The van der Waals surface area contributed by atoms with E-state index in [1.54, 1.807) is 0 Å². The van der Waals surface area contributed by atoms with Crippen LogP contribution in [0.25, 0.3) is 11.1 Å². The van der Waals surface area contributed by atoms with E-state index in [0.717, 1.165) is 16.7 Å². The molecule has 2 aromatic rings. The van der Waals surface area contributed by atoms with Crippen molar-refractivity contribution < 1.29 is 9.21 Å². The molecule has 1 aromatic carbocycles. The molecule has 2 rings (SSSR count). The van der Waals surface area contributed by atoms with Gasteiger partial charge in [-0.15, -0.1) is 0 Å². The molecule has 0 saturated carbocycles. The van der Waals surface area contributed by atoms with Gasteiger partial charge in [-0.25, -0.2) is 14.8 Å². The van der Waals surface area contributed by atoms with Crippen LogP contribution in [0.2, 0.25) is 0 Å². The van der Waals surface area contributed by atoms with Crippen LogP contribution in [-0.2, 0) is 16.8 Å². The summed E-state index contributed by atoms with van der Waals surface area (Å²) in [6.45, 7) is 6.48. The molecule has 1 aromatic heterocycles. The van der Waals surface area contributed by atoms with Gasteiger partial charge in [0.05, 0.1) is 6.54 Å². The lowest BCUT2D eigenvalue weighted by Crippen LogP contribution is -2.10. The lowest BCUT2D eigenvalue weighted by atomic mass is 9.97. The van der Waals surface area contributed by atoms with E-state index >= 15 is 0 Å². The second kappa shape index (κ2) is 4.15. The summed E-state index contributed by atoms with van der Waals surface area (Å²) in [5, 5.41) is 0. The highest BCUT2D eigenvalue weighted by molar-refractivity contribution is 5.73. The monoisotopic (exact) mass is 230 g/mol. The third-order valence-corrected chi connectivity index (χ3v) is 2.42. The molecule has 0 amide bonds. The Morgan fingerprint density at radius 1 is 1.41 bits per heavy atom. The predicted molar refractivity (Wildman–Crippen MR) is 64.5 cm³/mol. The van der Waals surface area contributed by atoms with Crippen LogP contribution in [0, 0.1) is 0 Å². The third-order valence-electron chi connectivity index (χ3n) is 2.42. The van der Waals surface area contributed by atoms with Crippen LogP contribution in [0.3, 0.4) is 0 Å². The number of hydrogen-bond acceptors (Lipinski definition) is 4. The Hall–Kier alpha value is -1.93. The number of aromatic nitrogens is 1. The lowest BCUT2D eigenvalue weighted by molar-refractivity contribution is 0.411. The second-order valence-electron chi connectivity index (χ2n) is 4.98. The van der Waals surface area contributed by atoms with Crippen molar-refractivity contribution in [2.45, 2.75) is 32.7 Å². The Bertz CT molecular complexity index is 587. The smallest absolute Gasteiger partial charge is 0.235 e.